The molecular formula is C10H12ClNO2. The van der Waals surface area contributed by atoms with Crippen molar-refractivity contribution >= 4 is 17.6 Å². The lowest BCUT2D eigenvalue weighted by atomic mass is 10.0. The van der Waals surface area contributed by atoms with Gasteiger partial charge in [-0.25, -0.2) is 4.79 Å². The summed E-state index contributed by atoms with van der Waals surface area (Å²) in [5.74, 6) is -0.969. The highest BCUT2D eigenvalue weighted by Gasteiger charge is 2.11. The van der Waals surface area contributed by atoms with Crippen molar-refractivity contribution in [2.75, 3.05) is 0 Å². The lowest BCUT2D eigenvalue weighted by Crippen LogP contribution is -2.19. The molecule has 3 N–H and O–H groups in total. The SMILES string of the molecule is C[C@H](N)Cc1ccc(Cl)cc1C(=O)O. The van der Waals surface area contributed by atoms with Gasteiger partial charge in [0, 0.05) is 11.1 Å². The molecule has 0 aliphatic heterocycles. The second-order valence-electron chi connectivity index (χ2n) is 3.29. The third kappa shape index (κ3) is 2.72. The van der Waals surface area contributed by atoms with E-state index in [1.54, 1.807) is 12.1 Å². The van der Waals surface area contributed by atoms with Gasteiger partial charge in [-0.15, -0.1) is 0 Å². The number of nitrogens with two attached hydrogens (primary N) is 1. The topological polar surface area (TPSA) is 63.3 Å². The molecule has 1 rings (SSSR count). The maximum atomic E-state index is 10.9. The first-order chi connectivity index (χ1) is 6.50. The van der Waals surface area contributed by atoms with E-state index in [0.29, 0.717) is 11.4 Å². The number of carbonyl (C=O) groups is 1. The van der Waals surface area contributed by atoms with Crippen LogP contribution in [-0.2, 0) is 6.42 Å². The van der Waals surface area contributed by atoms with Gasteiger partial charge in [0.2, 0.25) is 0 Å². The number of hydrogen-bond donors (Lipinski definition) is 2. The van der Waals surface area contributed by atoms with Crippen molar-refractivity contribution in [3.05, 3.63) is 34.3 Å². The molecule has 0 spiro atoms. The molecule has 0 saturated heterocycles. The number of hydrogen-bond acceptors (Lipinski definition) is 2. The quantitative estimate of drug-likeness (QED) is 0.807. The summed E-state index contributed by atoms with van der Waals surface area (Å²) >= 11 is 5.70. The maximum absolute atomic E-state index is 10.9. The molecule has 4 heteroatoms. The first-order valence-electron chi connectivity index (χ1n) is 4.28. The summed E-state index contributed by atoms with van der Waals surface area (Å²) in [4.78, 5) is 10.9. The largest absolute Gasteiger partial charge is 0.478 e. The van der Waals surface area contributed by atoms with Crippen LogP contribution >= 0.6 is 11.6 Å². The van der Waals surface area contributed by atoms with Crippen LogP contribution in [0.15, 0.2) is 18.2 Å². The van der Waals surface area contributed by atoms with Gasteiger partial charge in [0.25, 0.3) is 0 Å². The Balaban J connectivity index is 3.08. The Bertz CT molecular complexity index is 350. The molecule has 0 bridgehead atoms. The van der Waals surface area contributed by atoms with Crippen LogP contribution in [0.2, 0.25) is 5.02 Å². The van der Waals surface area contributed by atoms with Gasteiger partial charge in [-0.1, -0.05) is 17.7 Å². The number of carboxylic acids is 1. The Morgan fingerprint density at radius 1 is 1.64 bits per heavy atom. The molecule has 0 heterocycles. The van der Waals surface area contributed by atoms with Crippen LogP contribution in [0.3, 0.4) is 0 Å². The fourth-order valence-corrected chi connectivity index (χ4v) is 1.44. The Hall–Kier alpha value is -1.06. The van der Waals surface area contributed by atoms with E-state index in [0.717, 1.165) is 5.56 Å². The van der Waals surface area contributed by atoms with Crippen molar-refractivity contribution in [1.82, 2.24) is 0 Å². The number of benzene rings is 1. The van der Waals surface area contributed by atoms with E-state index in [4.69, 9.17) is 22.4 Å². The smallest absolute Gasteiger partial charge is 0.336 e. The molecule has 0 radical (unpaired) electrons. The number of rotatable bonds is 3. The minimum atomic E-state index is -0.969. The molecule has 1 aromatic carbocycles. The van der Waals surface area contributed by atoms with Gasteiger partial charge < -0.3 is 10.8 Å². The summed E-state index contributed by atoms with van der Waals surface area (Å²) in [5, 5.41) is 9.33. The van der Waals surface area contributed by atoms with Crippen LogP contribution in [0.5, 0.6) is 0 Å². The maximum Gasteiger partial charge on any atom is 0.336 e. The molecule has 0 aliphatic rings. The summed E-state index contributed by atoms with van der Waals surface area (Å²) in [6.07, 6.45) is 0.540. The van der Waals surface area contributed by atoms with E-state index >= 15 is 0 Å². The predicted molar refractivity (Wildman–Crippen MR) is 55.8 cm³/mol. The van der Waals surface area contributed by atoms with E-state index < -0.39 is 5.97 Å². The molecule has 0 unspecified atom stereocenters. The molecule has 3 nitrogen and oxygen atoms in total. The molecule has 14 heavy (non-hydrogen) atoms. The lowest BCUT2D eigenvalue weighted by molar-refractivity contribution is 0.0695. The molecule has 76 valence electrons. The predicted octanol–water partition coefficient (Wildman–Crippen LogP) is 1.93. The van der Waals surface area contributed by atoms with Crippen LogP contribution < -0.4 is 5.73 Å². The van der Waals surface area contributed by atoms with Crippen LogP contribution in [0.1, 0.15) is 22.8 Å². The van der Waals surface area contributed by atoms with E-state index in [1.165, 1.54) is 6.07 Å². The first-order valence-corrected chi connectivity index (χ1v) is 4.66. The second kappa shape index (κ2) is 4.44. The van der Waals surface area contributed by atoms with Crippen molar-refractivity contribution < 1.29 is 9.90 Å². The molecule has 0 fully saturated rings. The van der Waals surface area contributed by atoms with Crippen molar-refractivity contribution in [3.63, 3.8) is 0 Å². The second-order valence-corrected chi connectivity index (χ2v) is 3.72. The summed E-state index contributed by atoms with van der Waals surface area (Å²) in [7, 11) is 0. The van der Waals surface area contributed by atoms with Crippen molar-refractivity contribution in [2.45, 2.75) is 19.4 Å². The first kappa shape index (κ1) is 11.0. The molecule has 0 aromatic heterocycles. The fraction of sp³-hybridized carbons (Fsp3) is 0.300. The molecule has 1 atom stereocenters. The zero-order valence-corrected chi connectivity index (χ0v) is 8.58. The van der Waals surface area contributed by atoms with Gasteiger partial charge in [-0.05, 0) is 31.0 Å². The Morgan fingerprint density at radius 2 is 2.29 bits per heavy atom. The van der Waals surface area contributed by atoms with Gasteiger partial charge in [0.15, 0.2) is 0 Å². The number of carboxylic acid groups (broad SMARTS) is 1. The van der Waals surface area contributed by atoms with Crippen molar-refractivity contribution in [2.24, 2.45) is 5.73 Å². The van der Waals surface area contributed by atoms with Gasteiger partial charge in [-0.3, -0.25) is 0 Å². The highest BCUT2D eigenvalue weighted by atomic mass is 35.5. The standard InChI is InChI=1S/C10H12ClNO2/c1-6(12)4-7-2-3-8(11)5-9(7)10(13)14/h2-3,5-6H,4,12H2,1H3,(H,13,14)/t6-/m0/s1. The van der Waals surface area contributed by atoms with E-state index in [-0.39, 0.29) is 11.6 Å². The average molecular weight is 214 g/mol. The van der Waals surface area contributed by atoms with E-state index in [2.05, 4.69) is 0 Å². The lowest BCUT2D eigenvalue weighted by Gasteiger charge is -2.08. The Morgan fingerprint density at radius 3 is 2.79 bits per heavy atom. The normalized spacial score (nSPS) is 12.5. The molecule has 0 amide bonds. The fourth-order valence-electron chi connectivity index (χ4n) is 1.27. The summed E-state index contributed by atoms with van der Waals surface area (Å²) in [6.45, 7) is 1.83. The zero-order valence-electron chi connectivity index (χ0n) is 7.83. The Kier molecular flexibility index (Phi) is 3.49. The molecular weight excluding hydrogens is 202 g/mol. The molecule has 1 aromatic rings. The minimum absolute atomic E-state index is 0.0609. The summed E-state index contributed by atoms with van der Waals surface area (Å²) in [6, 6.07) is 4.76. The summed E-state index contributed by atoms with van der Waals surface area (Å²) < 4.78 is 0. The monoisotopic (exact) mass is 213 g/mol. The molecule has 0 saturated carbocycles. The highest BCUT2D eigenvalue weighted by Crippen LogP contribution is 2.17. The summed E-state index contributed by atoms with van der Waals surface area (Å²) in [5.41, 5.74) is 6.56. The zero-order chi connectivity index (χ0) is 10.7. The van der Waals surface area contributed by atoms with Gasteiger partial charge in [-0.2, -0.15) is 0 Å². The number of halogens is 1. The molecule has 0 aliphatic carbocycles. The van der Waals surface area contributed by atoms with Crippen LogP contribution in [0.4, 0.5) is 0 Å². The van der Waals surface area contributed by atoms with Gasteiger partial charge in [0.05, 0.1) is 5.56 Å². The minimum Gasteiger partial charge on any atom is -0.478 e. The third-order valence-corrected chi connectivity index (χ3v) is 2.08. The van der Waals surface area contributed by atoms with E-state index in [9.17, 15) is 4.79 Å². The van der Waals surface area contributed by atoms with Crippen LogP contribution in [-0.4, -0.2) is 17.1 Å². The van der Waals surface area contributed by atoms with Crippen molar-refractivity contribution in [3.8, 4) is 0 Å². The van der Waals surface area contributed by atoms with Crippen LogP contribution in [0, 0.1) is 0 Å². The Labute approximate surface area is 87.5 Å². The average Bonchev–Trinajstić information content (AvgIpc) is 2.07. The highest BCUT2D eigenvalue weighted by molar-refractivity contribution is 6.30. The third-order valence-electron chi connectivity index (χ3n) is 1.84. The van der Waals surface area contributed by atoms with Crippen molar-refractivity contribution in [1.29, 1.82) is 0 Å². The van der Waals surface area contributed by atoms with E-state index in [1.807, 2.05) is 6.92 Å². The van der Waals surface area contributed by atoms with Gasteiger partial charge in [0.1, 0.15) is 0 Å². The van der Waals surface area contributed by atoms with Gasteiger partial charge >= 0.3 is 5.97 Å². The van der Waals surface area contributed by atoms with Crippen LogP contribution in [0.25, 0.3) is 0 Å². The number of aromatic carboxylic acids is 1.